The van der Waals surface area contributed by atoms with Crippen LogP contribution in [0.3, 0.4) is 0 Å². The van der Waals surface area contributed by atoms with Gasteiger partial charge in [0.15, 0.2) is 17.4 Å². The molecule has 0 radical (unpaired) electrons. The van der Waals surface area contributed by atoms with Crippen LogP contribution in [0.4, 0.5) is 19.3 Å². The fraction of sp³-hybridized carbons (Fsp3) is 0.417. The summed E-state index contributed by atoms with van der Waals surface area (Å²) in [7, 11) is 0.328. The maximum absolute atomic E-state index is 14.8. The Morgan fingerprint density at radius 1 is 1.19 bits per heavy atom. The average molecular weight is 541 g/mol. The normalized spacial score (nSPS) is 11.6. The highest BCUT2D eigenvalue weighted by Crippen LogP contribution is 2.37. The van der Waals surface area contributed by atoms with E-state index >= 15 is 0 Å². The van der Waals surface area contributed by atoms with Crippen molar-refractivity contribution in [2.24, 2.45) is 0 Å². The first kappa shape index (κ1) is 27.8. The number of pyridine rings is 1. The number of carbonyl (C=O) groups excluding carboxylic acids is 1. The van der Waals surface area contributed by atoms with Gasteiger partial charge in [-0.25, -0.2) is 18.6 Å². The number of methoxy groups -OCH3 is 1. The lowest BCUT2D eigenvalue weighted by molar-refractivity contribution is 0.0899. The van der Waals surface area contributed by atoms with Crippen LogP contribution in [0.2, 0.25) is 30.7 Å². The number of nitrogens with zero attached hydrogens (tertiary/aromatic N) is 2. The van der Waals surface area contributed by atoms with E-state index in [1.54, 1.807) is 17.9 Å². The summed E-state index contributed by atoms with van der Waals surface area (Å²) in [6.45, 7) is 8.49. The number of ether oxygens (including phenoxy) is 3. The molecule has 0 spiro atoms. The summed E-state index contributed by atoms with van der Waals surface area (Å²) in [5.41, 5.74) is 0.413. The highest BCUT2D eigenvalue weighted by atomic mass is 35.5. The number of carbonyl (C=O) groups is 1. The third-order valence-electron chi connectivity index (χ3n) is 5.18. The SMILES string of the molecule is COCCCNC(=O)Nc1cc(F)c(Oc2ccnc3c2c(Cl)cn3COCC[Si](C)(C)C)c(F)c1. The molecule has 36 heavy (non-hydrogen) atoms. The molecule has 196 valence electrons. The van der Waals surface area contributed by atoms with Gasteiger partial charge in [0, 0.05) is 65.2 Å². The molecule has 3 rings (SSSR count). The van der Waals surface area contributed by atoms with E-state index in [-0.39, 0.29) is 18.2 Å². The van der Waals surface area contributed by atoms with E-state index in [0.29, 0.717) is 42.2 Å². The molecule has 0 aliphatic heterocycles. The molecule has 1 aromatic carbocycles. The summed E-state index contributed by atoms with van der Waals surface area (Å²) in [5.74, 6) is -2.45. The largest absolute Gasteiger partial charge is 0.450 e. The Kier molecular flexibility index (Phi) is 9.66. The van der Waals surface area contributed by atoms with Gasteiger partial charge in [-0.15, -0.1) is 0 Å². The molecule has 0 fully saturated rings. The maximum Gasteiger partial charge on any atom is 0.319 e. The van der Waals surface area contributed by atoms with E-state index in [4.69, 9.17) is 25.8 Å². The average Bonchev–Trinajstić information content (AvgIpc) is 3.12. The van der Waals surface area contributed by atoms with Crippen molar-refractivity contribution < 1.29 is 27.8 Å². The van der Waals surface area contributed by atoms with Gasteiger partial charge in [-0.3, -0.25) is 0 Å². The van der Waals surface area contributed by atoms with Crippen molar-refractivity contribution >= 4 is 42.4 Å². The number of hydrogen-bond acceptors (Lipinski definition) is 5. The lowest BCUT2D eigenvalue weighted by Crippen LogP contribution is -2.30. The minimum absolute atomic E-state index is 0.0545. The van der Waals surface area contributed by atoms with Gasteiger partial charge >= 0.3 is 6.03 Å². The first-order valence-corrected chi connectivity index (χ1v) is 15.6. The number of urea groups is 1. The molecule has 0 aliphatic rings. The van der Waals surface area contributed by atoms with Crippen LogP contribution in [0.1, 0.15) is 6.42 Å². The fourth-order valence-electron chi connectivity index (χ4n) is 3.30. The zero-order chi connectivity index (χ0) is 26.3. The third-order valence-corrected chi connectivity index (χ3v) is 7.17. The molecule has 2 aromatic heterocycles. The molecule has 3 aromatic rings. The van der Waals surface area contributed by atoms with Gasteiger partial charge in [0.1, 0.15) is 18.1 Å². The van der Waals surface area contributed by atoms with Crippen molar-refractivity contribution in [1.82, 2.24) is 14.9 Å². The third kappa shape index (κ3) is 7.63. The fourth-order valence-corrected chi connectivity index (χ4v) is 4.35. The number of hydrogen-bond donors (Lipinski definition) is 2. The van der Waals surface area contributed by atoms with Crippen molar-refractivity contribution in [1.29, 1.82) is 0 Å². The van der Waals surface area contributed by atoms with Gasteiger partial charge in [0.25, 0.3) is 0 Å². The number of benzene rings is 1. The van der Waals surface area contributed by atoms with E-state index < -0.39 is 31.5 Å². The highest BCUT2D eigenvalue weighted by Gasteiger charge is 2.19. The van der Waals surface area contributed by atoms with Crippen molar-refractivity contribution in [2.45, 2.75) is 38.8 Å². The Bertz CT molecular complexity index is 1180. The molecule has 2 amide bonds. The molecule has 0 bridgehead atoms. The zero-order valence-electron chi connectivity index (χ0n) is 20.8. The van der Waals surface area contributed by atoms with Gasteiger partial charge in [0.05, 0.1) is 10.4 Å². The van der Waals surface area contributed by atoms with Crippen molar-refractivity contribution in [3.05, 3.63) is 47.2 Å². The van der Waals surface area contributed by atoms with Gasteiger partial charge in [-0.1, -0.05) is 31.2 Å². The topological polar surface area (TPSA) is 86.6 Å². The number of rotatable bonds is 12. The van der Waals surface area contributed by atoms with Crippen LogP contribution in [0.5, 0.6) is 11.5 Å². The first-order valence-electron chi connectivity index (χ1n) is 11.5. The van der Waals surface area contributed by atoms with Crippen LogP contribution in [-0.4, -0.2) is 50.5 Å². The molecule has 0 aliphatic carbocycles. The molecule has 2 heterocycles. The molecule has 2 N–H and O–H groups in total. The first-order chi connectivity index (χ1) is 17.1. The lowest BCUT2D eigenvalue weighted by atomic mass is 10.2. The smallest absolute Gasteiger partial charge is 0.319 e. The van der Waals surface area contributed by atoms with Gasteiger partial charge in [-0.05, 0) is 18.5 Å². The summed E-state index contributed by atoms with van der Waals surface area (Å²) in [4.78, 5) is 16.3. The Morgan fingerprint density at radius 3 is 2.58 bits per heavy atom. The second-order valence-corrected chi connectivity index (χ2v) is 15.4. The predicted octanol–water partition coefficient (Wildman–Crippen LogP) is 6.23. The lowest BCUT2D eigenvalue weighted by Gasteiger charge is -2.15. The molecule has 8 nitrogen and oxygen atoms in total. The van der Waals surface area contributed by atoms with Crippen LogP contribution in [-0.2, 0) is 16.2 Å². The number of fused-ring (bicyclic) bond motifs is 1. The minimum Gasteiger partial charge on any atom is -0.450 e. The van der Waals surface area contributed by atoms with E-state index in [1.165, 1.54) is 12.3 Å². The number of nitrogens with one attached hydrogen (secondary N) is 2. The summed E-state index contributed by atoms with van der Waals surface area (Å²) < 4.78 is 47.6. The molecule has 0 saturated heterocycles. The Labute approximate surface area is 214 Å². The molecule has 0 atom stereocenters. The molecule has 0 saturated carbocycles. The number of aromatic nitrogens is 2. The summed E-state index contributed by atoms with van der Waals surface area (Å²) in [6.07, 6.45) is 3.71. The van der Waals surface area contributed by atoms with Crippen LogP contribution >= 0.6 is 11.6 Å². The second-order valence-electron chi connectivity index (χ2n) is 9.40. The Balaban J connectivity index is 1.73. The van der Waals surface area contributed by atoms with Crippen LogP contribution in [0, 0.1) is 11.6 Å². The van der Waals surface area contributed by atoms with E-state index in [0.717, 1.165) is 18.2 Å². The summed E-state index contributed by atoms with van der Waals surface area (Å²) in [6, 6.07) is 3.86. The van der Waals surface area contributed by atoms with Crippen LogP contribution in [0.15, 0.2) is 30.6 Å². The molecular formula is C24H31ClF2N4O4Si. The zero-order valence-corrected chi connectivity index (χ0v) is 22.5. The quantitative estimate of drug-likeness (QED) is 0.210. The van der Waals surface area contributed by atoms with Crippen LogP contribution in [0.25, 0.3) is 11.0 Å². The number of amides is 2. The van der Waals surface area contributed by atoms with Crippen LogP contribution < -0.4 is 15.4 Å². The highest BCUT2D eigenvalue weighted by molar-refractivity contribution is 6.76. The number of halogens is 3. The number of anilines is 1. The minimum atomic E-state index is -1.23. The monoisotopic (exact) mass is 540 g/mol. The van der Waals surface area contributed by atoms with Crippen molar-refractivity contribution in [3.63, 3.8) is 0 Å². The molecule has 12 heteroatoms. The van der Waals surface area contributed by atoms with E-state index in [1.807, 2.05) is 0 Å². The van der Waals surface area contributed by atoms with Crippen molar-refractivity contribution in [3.8, 4) is 11.5 Å². The van der Waals surface area contributed by atoms with Crippen molar-refractivity contribution in [2.75, 3.05) is 32.2 Å². The van der Waals surface area contributed by atoms with E-state index in [2.05, 4.69) is 35.3 Å². The van der Waals surface area contributed by atoms with Gasteiger partial charge < -0.3 is 29.4 Å². The Hall–Kier alpha value is -2.73. The standard InChI is InChI=1S/C24H31ClF2N4O4Si/c1-33-9-5-7-29-24(32)30-16-12-18(26)22(19(27)13-16)35-20-6-8-28-23-21(20)17(25)14-31(23)15-34-10-11-36(2,3)4/h6,8,12-14H,5,7,9-11,15H2,1-4H3,(H2,29,30,32). The Morgan fingerprint density at radius 2 is 1.92 bits per heavy atom. The molecular weight excluding hydrogens is 510 g/mol. The molecule has 0 unspecified atom stereocenters. The second kappa shape index (κ2) is 12.5. The predicted molar refractivity (Wildman–Crippen MR) is 139 cm³/mol. The maximum atomic E-state index is 14.8. The van der Waals surface area contributed by atoms with Gasteiger partial charge in [0.2, 0.25) is 0 Å². The van der Waals surface area contributed by atoms with Gasteiger partial charge in [-0.2, -0.15) is 0 Å². The summed E-state index contributed by atoms with van der Waals surface area (Å²) in [5, 5.41) is 5.69. The summed E-state index contributed by atoms with van der Waals surface area (Å²) >= 11 is 6.42. The van der Waals surface area contributed by atoms with E-state index in [9.17, 15) is 13.6 Å².